The van der Waals surface area contributed by atoms with Crippen LogP contribution < -0.4 is 0 Å². The Hall–Kier alpha value is -0.950. The monoisotopic (exact) mass is 374 g/mol. The van der Waals surface area contributed by atoms with E-state index in [1.54, 1.807) is 20.8 Å². The van der Waals surface area contributed by atoms with Crippen LogP contribution in [0.15, 0.2) is 0 Å². The lowest BCUT2D eigenvalue weighted by atomic mass is 9.58. The Morgan fingerprint density at radius 2 is 1.64 bits per heavy atom. The number of halogens is 6. The molecule has 2 nitrogen and oxygen atoms in total. The van der Waals surface area contributed by atoms with Crippen LogP contribution in [0.25, 0.3) is 0 Å². The molecule has 0 spiro atoms. The van der Waals surface area contributed by atoms with E-state index >= 15 is 0 Å². The molecule has 2 fully saturated rings. The minimum atomic E-state index is -4.95. The van der Waals surface area contributed by atoms with E-state index in [0.29, 0.717) is 6.92 Å². The summed E-state index contributed by atoms with van der Waals surface area (Å²) in [6, 6.07) is 0. The van der Waals surface area contributed by atoms with Gasteiger partial charge in [-0.3, -0.25) is 4.79 Å². The van der Waals surface area contributed by atoms with Gasteiger partial charge in [-0.05, 0) is 48.9 Å². The summed E-state index contributed by atoms with van der Waals surface area (Å²) >= 11 is 0. The topological polar surface area (TPSA) is 26.3 Å². The average Bonchev–Trinajstić information content (AvgIpc) is 2.90. The van der Waals surface area contributed by atoms with E-state index in [4.69, 9.17) is 0 Å². The number of hydrogen-bond donors (Lipinski definition) is 0. The van der Waals surface area contributed by atoms with Crippen molar-refractivity contribution in [2.75, 3.05) is 0 Å². The van der Waals surface area contributed by atoms with E-state index in [1.165, 1.54) is 0 Å². The van der Waals surface area contributed by atoms with Crippen molar-refractivity contribution in [3.05, 3.63) is 0 Å². The molecule has 0 amide bonds. The largest absolute Gasteiger partial charge is 0.452 e. The minimum absolute atomic E-state index is 0.0201. The molecule has 0 radical (unpaired) electrons. The molecule has 6 atom stereocenters. The highest BCUT2D eigenvalue weighted by Gasteiger charge is 2.75. The van der Waals surface area contributed by atoms with Gasteiger partial charge in [0.15, 0.2) is 11.5 Å². The highest BCUT2D eigenvalue weighted by molar-refractivity contribution is 5.79. The first kappa shape index (κ1) is 20.4. The van der Waals surface area contributed by atoms with E-state index in [-0.39, 0.29) is 18.3 Å². The van der Waals surface area contributed by atoms with E-state index < -0.39 is 53.5 Å². The molecular weight excluding hydrogens is 350 g/mol. The highest BCUT2D eigenvalue weighted by atomic mass is 19.4. The Morgan fingerprint density at radius 3 is 2.00 bits per heavy atom. The van der Waals surface area contributed by atoms with E-state index in [1.807, 2.05) is 6.92 Å². The van der Waals surface area contributed by atoms with Crippen molar-refractivity contribution < 1.29 is 35.9 Å². The Bertz CT molecular complexity index is 533. The Kier molecular flexibility index (Phi) is 4.70. The van der Waals surface area contributed by atoms with Crippen LogP contribution in [0.4, 0.5) is 26.3 Å². The predicted octanol–water partition coefficient (Wildman–Crippen LogP) is 5.37. The van der Waals surface area contributed by atoms with Gasteiger partial charge in [0.05, 0.1) is 0 Å². The van der Waals surface area contributed by atoms with Gasteiger partial charge in [0.25, 0.3) is 0 Å². The van der Waals surface area contributed by atoms with Crippen molar-refractivity contribution in [3.8, 4) is 0 Å². The number of esters is 1. The molecule has 0 aromatic heterocycles. The number of rotatable bonds is 2. The molecular formula is C17H24F6O2. The van der Waals surface area contributed by atoms with E-state index in [0.717, 1.165) is 0 Å². The van der Waals surface area contributed by atoms with E-state index in [9.17, 15) is 31.1 Å². The van der Waals surface area contributed by atoms with Crippen LogP contribution in [0.1, 0.15) is 47.5 Å². The third-order valence-corrected chi connectivity index (χ3v) is 6.13. The molecule has 2 aliphatic carbocycles. The Morgan fingerprint density at radius 1 is 1.12 bits per heavy atom. The summed E-state index contributed by atoms with van der Waals surface area (Å²) in [5.41, 5.74) is -3.34. The molecule has 2 aliphatic rings. The summed E-state index contributed by atoms with van der Waals surface area (Å²) < 4.78 is 84.3. The molecule has 0 aromatic rings. The number of carbonyl (C=O) groups is 1. The molecule has 2 saturated carbocycles. The molecule has 0 heterocycles. The van der Waals surface area contributed by atoms with Gasteiger partial charge >= 0.3 is 18.3 Å². The fraction of sp³-hybridized carbons (Fsp3) is 0.941. The number of carbonyl (C=O) groups excluding carboxylic acids is 1. The van der Waals surface area contributed by atoms with Gasteiger partial charge in [-0.25, -0.2) is 0 Å². The first-order valence-electron chi connectivity index (χ1n) is 8.38. The van der Waals surface area contributed by atoms with Crippen molar-refractivity contribution in [1.82, 2.24) is 0 Å². The van der Waals surface area contributed by atoms with Crippen molar-refractivity contribution in [1.29, 1.82) is 0 Å². The summed E-state index contributed by atoms with van der Waals surface area (Å²) in [7, 11) is 0. The smallest absolute Gasteiger partial charge is 0.425 e. The van der Waals surface area contributed by atoms with Gasteiger partial charge < -0.3 is 4.74 Å². The first-order valence-corrected chi connectivity index (χ1v) is 8.38. The van der Waals surface area contributed by atoms with Gasteiger partial charge in [-0.1, -0.05) is 27.7 Å². The van der Waals surface area contributed by atoms with E-state index in [2.05, 4.69) is 4.74 Å². The molecule has 0 aromatic carbocycles. The molecule has 2 rings (SSSR count). The fourth-order valence-corrected chi connectivity index (χ4v) is 5.09. The van der Waals surface area contributed by atoms with Crippen LogP contribution in [-0.2, 0) is 9.53 Å². The molecule has 6 unspecified atom stereocenters. The summed E-state index contributed by atoms with van der Waals surface area (Å²) in [5, 5.41) is 0. The standard InChI is InChI=1S/C17H24F6O2/c1-8-10-6-11(12(8)14(3,4)5)15(7-10,17(21,22)23)13(24)25-9(2)16(18,19)20/h8-12H,6-7H2,1-5H3. The SMILES string of the molecule is CC1C2CC(C1C(C)(C)C)C(C(=O)OC(C)C(F)(F)F)(C(F)(F)F)C2. The quantitative estimate of drug-likeness (QED) is 0.480. The molecule has 0 aliphatic heterocycles. The number of alkyl halides is 6. The maximum atomic E-state index is 14.0. The zero-order chi connectivity index (χ0) is 19.6. The van der Waals surface area contributed by atoms with Gasteiger partial charge in [0.1, 0.15) is 0 Å². The van der Waals surface area contributed by atoms with Crippen LogP contribution in [0, 0.1) is 34.5 Å². The maximum absolute atomic E-state index is 14.0. The van der Waals surface area contributed by atoms with Crippen molar-refractivity contribution in [3.63, 3.8) is 0 Å². The van der Waals surface area contributed by atoms with Gasteiger partial charge in [0.2, 0.25) is 0 Å². The number of hydrogen-bond acceptors (Lipinski definition) is 2. The third-order valence-electron chi connectivity index (χ3n) is 6.13. The van der Waals surface area contributed by atoms with Crippen molar-refractivity contribution >= 4 is 5.97 Å². The molecule has 0 saturated heterocycles. The predicted molar refractivity (Wildman–Crippen MR) is 78.4 cm³/mol. The molecule has 25 heavy (non-hydrogen) atoms. The zero-order valence-corrected chi connectivity index (χ0v) is 14.9. The third kappa shape index (κ3) is 3.14. The fourth-order valence-electron chi connectivity index (χ4n) is 5.09. The Labute approximate surface area is 143 Å². The highest BCUT2D eigenvalue weighted by Crippen LogP contribution is 2.69. The average molecular weight is 374 g/mol. The lowest BCUT2D eigenvalue weighted by molar-refractivity contribution is -0.272. The van der Waals surface area contributed by atoms with Crippen molar-refractivity contribution in [2.24, 2.45) is 34.5 Å². The molecule has 146 valence electrons. The summed E-state index contributed by atoms with van der Waals surface area (Å²) in [4.78, 5) is 12.4. The lowest BCUT2D eigenvalue weighted by Gasteiger charge is -2.48. The molecule has 0 N–H and O–H groups in total. The van der Waals surface area contributed by atoms with Crippen LogP contribution in [-0.4, -0.2) is 24.4 Å². The summed E-state index contributed by atoms with van der Waals surface area (Å²) in [6.07, 6.45) is -12.7. The second kappa shape index (κ2) is 5.78. The minimum Gasteiger partial charge on any atom is -0.452 e. The van der Waals surface area contributed by atoms with Crippen LogP contribution in [0.2, 0.25) is 0 Å². The van der Waals surface area contributed by atoms with Crippen molar-refractivity contribution in [2.45, 2.75) is 65.9 Å². The van der Waals surface area contributed by atoms with Gasteiger partial charge in [-0.2, -0.15) is 26.3 Å². The zero-order valence-electron chi connectivity index (χ0n) is 14.9. The summed E-state index contributed by atoms with van der Waals surface area (Å²) in [6.45, 7) is 7.84. The second-order valence-electron chi connectivity index (χ2n) is 8.62. The lowest BCUT2D eigenvalue weighted by Crippen LogP contribution is -2.56. The molecule has 8 heteroatoms. The maximum Gasteiger partial charge on any atom is 0.425 e. The van der Waals surface area contributed by atoms with Gasteiger partial charge in [0, 0.05) is 0 Å². The van der Waals surface area contributed by atoms with Crippen LogP contribution in [0.5, 0.6) is 0 Å². The van der Waals surface area contributed by atoms with Gasteiger partial charge in [-0.15, -0.1) is 0 Å². The Balaban J connectivity index is 2.43. The number of fused-ring (bicyclic) bond motifs is 2. The number of ether oxygens (including phenoxy) is 1. The first-order chi connectivity index (χ1) is 11.0. The normalized spacial score (nSPS) is 37.2. The van der Waals surface area contributed by atoms with Crippen LogP contribution in [0.3, 0.4) is 0 Å². The molecule has 2 bridgehead atoms. The van der Waals surface area contributed by atoms with Crippen LogP contribution >= 0.6 is 0 Å². The summed E-state index contributed by atoms with van der Waals surface area (Å²) in [5.74, 6) is -3.61. The second-order valence-corrected chi connectivity index (χ2v) is 8.62.